The zero-order chi connectivity index (χ0) is 16.0. The normalized spacial score (nSPS) is 11.9. The van der Waals surface area contributed by atoms with Crippen molar-refractivity contribution in [3.8, 4) is 0 Å². The van der Waals surface area contributed by atoms with Crippen LogP contribution >= 0.6 is 11.8 Å². The van der Waals surface area contributed by atoms with E-state index in [0.29, 0.717) is 6.54 Å². The van der Waals surface area contributed by atoms with Crippen molar-refractivity contribution in [2.75, 3.05) is 12.8 Å². The third kappa shape index (κ3) is 4.98. The average Bonchev–Trinajstić information content (AvgIpc) is 2.52. The lowest BCUT2D eigenvalue weighted by Crippen LogP contribution is -2.11. The van der Waals surface area contributed by atoms with E-state index in [4.69, 9.17) is 5.14 Å². The van der Waals surface area contributed by atoms with Crippen LogP contribution < -0.4 is 5.14 Å². The van der Waals surface area contributed by atoms with Gasteiger partial charge in [0.25, 0.3) is 0 Å². The zero-order valence-corrected chi connectivity index (χ0v) is 13.9. The summed E-state index contributed by atoms with van der Waals surface area (Å²) in [5.41, 5.74) is 2.10. The lowest BCUT2D eigenvalue weighted by atomic mass is 10.1. The Kier molecular flexibility index (Phi) is 5.76. The Morgan fingerprint density at radius 2 is 1.73 bits per heavy atom. The molecule has 0 amide bonds. The van der Waals surface area contributed by atoms with E-state index in [1.54, 1.807) is 23.9 Å². The molecule has 0 fully saturated rings. The highest BCUT2D eigenvalue weighted by Crippen LogP contribution is 2.14. The van der Waals surface area contributed by atoms with Gasteiger partial charge in [0.2, 0.25) is 10.0 Å². The predicted octanol–water partition coefficient (Wildman–Crippen LogP) is 2.72. The van der Waals surface area contributed by atoms with Crippen LogP contribution in [-0.4, -0.2) is 27.4 Å². The Morgan fingerprint density at radius 1 is 1.09 bits per heavy atom. The number of hydrogen-bond donors (Lipinski definition) is 1. The third-order valence-electron chi connectivity index (χ3n) is 3.14. The maximum Gasteiger partial charge on any atom is 0.238 e. The van der Waals surface area contributed by atoms with Gasteiger partial charge >= 0.3 is 0 Å². The summed E-state index contributed by atoms with van der Waals surface area (Å²) in [5, 5.41) is 5.06. The van der Waals surface area contributed by atoms with Crippen LogP contribution in [-0.2, 0) is 16.4 Å². The molecule has 4 nitrogen and oxygen atoms in total. The summed E-state index contributed by atoms with van der Waals surface area (Å²) in [4.78, 5) is 5.75. The largest absolute Gasteiger partial charge is 0.292 e. The first-order chi connectivity index (χ1) is 10.5. The van der Waals surface area contributed by atoms with Crippen molar-refractivity contribution in [3.05, 3.63) is 59.7 Å². The highest BCUT2D eigenvalue weighted by atomic mass is 32.2. The summed E-state index contributed by atoms with van der Waals surface area (Å²) >= 11 is 1.71. The van der Waals surface area contributed by atoms with Gasteiger partial charge in [-0.15, -0.1) is 11.8 Å². The van der Waals surface area contributed by atoms with E-state index in [2.05, 4.69) is 17.1 Å². The van der Waals surface area contributed by atoms with Gasteiger partial charge in [-0.3, -0.25) is 4.99 Å². The number of primary sulfonamides is 1. The van der Waals surface area contributed by atoms with Crippen molar-refractivity contribution < 1.29 is 8.42 Å². The summed E-state index contributed by atoms with van der Waals surface area (Å²) in [6.45, 7) is 0.652. The fourth-order valence-corrected chi connectivity index (χ4v) is 2.82. The Balaban J connectivity index is 1.88. The number of nitrogens with zero attached hydrogens (tertiary/aromatic N) is 1. The number of thioether (sulfide) groups is 1. The molecule has 0 heterocycles. The minimum atomic E-state index is -3.62. The summed E-state index contributed by atoms with van der Waals surface area (Å²) in [6, 6.07) is 14.8. The van der Waals surface area contributed by atoms with Crippen LogP contribution in [0.1, 0.15) is 11.1 Å². The number of sulfonamides is 1. The summed E-state index contributed by atoms with van der Waals surface area (Å²) in [7, 11) is -3.62. The molecule has 22 heavy (non-hydrogen) atoms. The van der Waals surface area contributed by atoms with E-state index in [0.717, 1.165) is 17.5 Å². The van der Waals surface area contributed by atoms with Gasteiger partial charge in [0.05, 0.1) is 4.90 Å². The lowest BCUT2D eigenvalue weighted by Gasteiger charge is -2.01. The molecule has 0 radical (unpaired) electrons. The number of benzene rings is 2. The Labute approximate surface area is 135 Å². The van der Waals surface area contributed by atoms with Gasteiger partial charge < -0.3 is 0 Å². The molecule has 0 unspecified atom stereocenters. The molecule has 0 bridgehead atoms. The highest BCUT2D eigenvalue weighted by molar-refractivity contribution is 7.98. The molecule has 0 aliphatic rings. The molecule has 0 aliphatic carbocycles. The maximum absolute atomic E-state index is 11.2. The van der Waals surface area contributed by atoms with Crippen molar-refractivity contribution in [1.82, 2.24) is 0 Å². The van der Waals surface area contributed by atoms with Gasteiger partial charge in [-0.25, -0.2) is 13.6 Å². The number of hydrogen-bond acceptors (Lipinski definition) is 4. The topological polar surface area (TPSA) is 72.5 Å². The minimum absolute atomic E-state index is 0.133. The van der Waals surface area contributed by atoms with E-state index in [1.807, 2.05) is 24.6 Å². The molecule has 116 valence electrons. The van der Waals surface area contributed by atoms with E-state index in [9.17, 15) is 8.42 Å². The average molecular weight is 334 g/mol. The molecule has 2 rings (SSSR count). The monoisotopic (exact) mass is 334 g/mol. The smallest absolute Gasteiger partial charge is 0.238 e. The van der Waals surface area contributed by atoms with Gasteiger partial charge in [0.15, 0.2) is 0 Å². The highest BCUT2D eigenvalue weighted by Gasteiger charge is 2.06. The Hall–Kier alpha value is -1.63. The minimum Gasteiger partial charge on any atom is -0.292 e. The lowest BCUT2D eigenvalue weighted by molar-refractivity contribution is 0.598. The second kappa shape index (κ2) is 7.58. The van der Waals surface area contributed by atoms with Crippen LogP contribution in [0.25, 0.3) is 0 Å². The first kappa shape index (κ1) is 16.7. The van der Waals surface area contributed by atoms with E-state index < -0.39 is 10.0 Å². The molecule has 6 heteroatoms. The molecule has 0 aliphatic heterocycles. The number of aliphatic imine (C=N–C) groups is 1. The van der Waals surface area contributed by atoms with Crippen LogP contribution in [0, 0.1) is 0 Å². The second-order valence-electron chi connectivity index (χ2n) is 4.75. The van der Waals surface area contributed by atoms with E-state index in [-0.39, 0.29) is 4.90 Å². The molecule has 2 N–H and O–H groups in total. The zero-order valence-electron chi connectivity index (χ0n) is 12.3. The number of nitrogens with two attached hydrogens (primary N) is 1. The van der Waals surface area contributed by atoms with Crippen LogP contribution in [0.5, 0.6) is 0 Å². The third-order valence-corrected chi connectivity index (χ3v) is 4.81. The quantitative estimate of drug-likeness (QED) is 0.652. The van der Waals surface area contributed by atoms with Crippen molar-refractivity contribution in [3.63, 3.8) is 0 Å². The van der Waals surface area contributed by atoms with Crippen molar-refractivity contribution in [2.24, 2.45) is 10.1 Å². The van der Waals surface area contributed by atoms with E-state index >= 15 is 0 Å². The fraction of sp³-hybridized carbons (Fsp3) is 0.188. The molecule has 0 saturated heterocycles. The molecule has 0 aromatic heterocycles. The van der Waals surface area contributed by atoms with Crippen LogP contribution in [0.15, 0.2) is 63.3 Å². The molecule has 0 saturated carbocycles. The molecular formula is C16H18N2O2S2. The SMILES string of the molecule is CSc1ccc(C=NCCc2ccc(S(N)(=O)=O)cc2)cc1. The van der Waals surface area contributed by atoms with Crippen LogP contribution in [0.2, 0.25) is 0 Å². The Bertz CT molecular complexity index is 737. The van der Waals surface area contributed by atoms with Gasteiger partial charge in [0, 0.05) is 17.7 Å². The maximum atomic E-state index is 11.2. The molecular weight excluding hydrogens is 316 g/mol. The molecule has 0 atom stereocenters. The molecule has 0 spiro atoms. The van der Waals surface area contributed by atoms with Gasteiger partial charge in [-0.1, -0.05) is 24.3 Å². The number of rotatable bonds is 6. The Morgan fingerprint density at radius 3 is 2.27 bits per heavy atom. The summed E-state index contributed by atoms with van der Waals surface area (Å²) in [6.07, 6.45) is 4.65. The summed E-state index contributed by atoms with van der Waals surface area (Å²) in [5.74, 6) is 0. The van der Waals surface area contributed by atoms with Gasteiger partial charge in [-0.2, -0.15) is 0 Å². The van der Waals surface area contributed by atoms with Crippen molar-refractivity contribution >= 4 is 28.0 Å². The first-order valence-corrected chi connectivity index (χ1v) is 9.52. The predicted molar refractivity (Wildman–Crippen MR) is 92.2 cm³/mol. The van der Waals surface area contributed by atoms with Crippen molar-refractivity contribution in [1.29, 1.82) is 0 Å². The molecule has 2 aromatic carbocycles. The van der Waals surface area contributed by atoms with E-state index in [1.165, 1.54) is 17.0 Å². The standard InChI is InChI=1S/C16H18N2O2S2/c1-21-15-6-2-14(3-7-15)12-18-11-10-13-4-8-16(9-5-13)22(17,19)20/h2-9,12H,10-11H2,1H3,(H2,17,19,20). The van der Waals surface area contributed by atoms with Gasteiger partial charge in [-0.05, 0) is 48.1 Å². The van der Waals surface area contributed by atoms with Crippen LogP contribution in [0.4, 0.5) is 0 Å². The fourth-order valence-electron chi connectivity index (χ4n) is 1.90. The second-order valence-corrected chi connectivity index (χ2v) is 7.19. The van der Waals surface area contributed by atoms with Crippen molar-refractivity contribution in [2.45, 2.75) is 16.2 Å². The molecule has 2 aromatic rings. The first-order valence-electron chi connectivity index (χ1n) is 6.74. The van der Waals surface area contributed by atoms with Crippen LogP contribution in [0.3, 0.4) is 0 Å². The van der Waals surface area contributed by atoms with Gasteiger partial charge in [0.1, 0.15) is 0 Å². The summed E-state index contributed by atoms with van der Waals surface area (Å²) < 4.78 is 22.3.